The number of imidazole rings is 3. The van der Waals surface area contributed by atoms with Gasteiger partial charge in [-0.2, -0.15) is 4.85 Å². The van der Waals surface area contributed by atoms with Gasteiger partial charge in [0.05, 0.1) is 98.8 Å². The number of hydrogen-bond donors (Lipinski definition) is 7. The van der Waals surface area contributed by atoms with Crippen molar-refractivity contribution in [1.29, 1.82) is 0 Å². The number of aromatic nitrogens is 10. The molecule has 0 bridgehead atoms. The van der Waals surface area contributed by atoms with Crippen LogP contribution < -0.4 is 26.2 Å². The van der Waals surface area contributed by atoms with Gasteiger partial charge in [-0.25, -0.2) is 34.9 Å². The monoisotopic (exact) mass is 1840 g/mol. The Labute approximate surface area is 799 Å². The summed E-state index contributed by atoms with van der Waals surface area (Å²) in [5.74, 6) is 0.526. The van der Waals surface area contributed by atoms with Gasteiger partial charge in [-0.15, -0.1) is 0 Å². The van der Waals surface area contributed by atoms with Gasteiger partial charge in [0, 0.05) is 52.5 Å². The molecule has 4 fully saturated rings. The van der Waals surface area contributed by atoms with Gasteiger partial charge in [-0.1, -0.05) is 113 Å². The fourth-order valence-electron chi connectivity index (χ4n) is 18.4. The van der Waals surface area contributed by atoms with E-state index in [1.54, 1.807) is 0 Å². The van der Waals surface area contributed by atoms with Crippen molar-refractivity contribution in [2.45, 2.75) is 268 Å². The highest BCUT2D eigenvalue weighted by molar-refractivity contribution is 6.06. The fraction of sp³-hybridized carbons (Fsp3) is 0.552. The fourth-order valence-corrected chi connectivity index (χ4v) is 18.4. The van der Waals surface area contributed by atoms with Crippen molar-refractivity contribution in [1.82, 2.24) is 69.4 Å². The van der Waals surface area contributed by atoms with Crippen LogP contribution in [0.2, 0.25) is 0 Å². The number of aromatic amines is 3. The summed E-state index contributed by atoms with van der Waals surface area (Å²) in [6, 6.07) is 18.7. The van der Waals surface area contributed by atoms with Crippen LogP contribution in [-0.4, -0.2) is 186 Å². The Balaban J connectivity index is 0.000000173. The van der Waals surface area contributed by atoms with Crippen LogP contribution in [0.3, 0.4) is 0 Å². The molecule has 7 N–H and O–H groups in total. The molecule has 135 heavy (non-hydrogen) atoms. The highest BCUT2D eigenvalue weighted by Gasteiger charge is 2.40. The van der Waals surface area contributed by atoms with Crippen LogP contribution in [0.4, 0.5) is 51.9 Å². The molecule has 4 amide bonds. The number of H-pyrrole nitrogens is 3. The number of pyridine rings is 4. The van der Waals surface area contributed by atoms with Gasteiger partial charge in [0.15, 0.2) is 11.6 Å². The smallest absolute Gasteiger partial charge is 0.346 e. The summed E-state index contributed by atoms with van der Waals surface area (Å²) in [6.07, 6.45) is 35.6. The van der Waals surface area contributed by atoms with E-state index in [0.717, 1.165) is 201 Å². The predicted molar refractivity (Wildman–Crippen MR) is 536 cm³/mol. The van der Waals surface area contributed by atoms with E-state index in [4.69, 9.17) is 60.1 Å². The first-order valence-corrected chi connectivity index (χ1v) is 48.0. The van der Waals surface area contributed by atoms with Crippen molar-refractivity contribution < 1.29 is 33.1 Å². The Morgan fingerprint density at radius 3 is 1.28 bits per heavy atom. The Bertz CT molecular complexity index is 5680. The third-order valence-corrected chi connectivity index (χ3v) is 27.5. The molecule has 15 rings (SSSR count). The summed E-state index contributed by atoms with van der Waals surface area (Å²) in [5, 5.41) is 11.9. The minimum Gasteiger partial charge on any atom is -0.475 e. The molecule has 0 atom stereocenters. The number of furan rings is 1. The summed E-state index contributed by atoms with van der Waals surface area (Å²) in [6.45, 7) is 70.4. The molecule has 720 valence electrons. The number of piperidine rings is 2. The summed E-state index contributed by atoms with van der Waals surface area (Å²) in [5.41, 5.74) is 11.9. The first-order chi connectivity index (χ1) is 64.0. The summed E-state index contributed by atoms with van der Waals surface area (Å²) in [4.78, 5) is 117. The van der Waals surface area contributed by atoms with E-state index in [1.165, 1.54) is 98.8 Å². The second kappa shape index (κ2) is 46.1. The normalized spacial score (nSPS) is 17.4. The van der Waals surface area contributed by atoms with Gasteiger partial charge in [0.1, 0.15) is 11.2 Å². The largest absolute Gasteiger partial charge is 0.475 e. The molecule has 0 unspecified atom stereocenters. The number of likely N-dealkylation sites (tertiary alicyclic amines) is 1. The molecule has 7 aliphatic rings. The lowest BCUT2D eigenvalue weighted by atomic mass is 9.73. The van der Waals surface area contributed by atoms with Gasteiger partial charge in [-0.3, -0.25) is 43.9 Å². The lowest BCUT2D eigenvalue weighted by molar-refractivity contribution is -0.0274. The standard InChI is InChI=1S/C29H38N4O3.C27H37N7O.C26H34N6O.C22H30N6O2.CH4/c1-28(2,35-20-8-19-33(4)5)24-11-9-22(31-27(34)23-10-12-25(30-3)36-23)26(32-24)21-13-17-29(18-14-21)15-6-7-16-29;1-7-33-14-16-34(17-15-33)27(4,5)21-9-8-20(30-25(35)24-29-18-22(28-6)32-24)23(31-21)19-10-12-26(2,3)13-11-19;1-25(2)13-11-18(12-14-25)22-19(29-24(33)23-28-17-21(27-5)31-23)9-10-20(30-22)26(3,4)32-15-7-6-8-16-32;1-5-6-14-30-22(2,3)17-11-10-16(20(26-17)28-12-8-7-9-13-28)25-21(29)19-24-15-18(23-4)27-19;/h9-13H,6-8,14-20H2,1-2,4-5H3,(H,31,34);8-10,18H,7,11-17H2,1-5H3,(H,29,32)(H,30,35);9-11,17H,6-8,12-16H2,1-4H3,(H,28,31)(H,29,33);10-11,15H,5-9,12-14H2,1-3H3,(H,24,27)(H,25,29);1H4. The number of likely N-dealkylation sites (N-methyl/N-ethyl adjacent to an activating group) is 1. The number of nitrogens with one attached hydrogen (secondary N) is 7. The summed E-state index contributed by atoms with van der Waals surface area (Å²) >= 11 is 0. The molecule has 0 aromatic carbocycles. The average Bonchev–Trinajstić information content (AvgIpc) is 1.29. The number of allylic oxidation sites excluding steroid dienone is 6. The van der Waals surface area contributed by atoms with Crippen molar-refractivity contribution in [3.63, 3.8) is 0 Å². The molecular weight excluding hydrogens is 1700 g/mol. The molecule has 1 spiro atoms. The van der Waals surface area contributed by atoms with Crippen LogP contribution >= 0.6 is 0 Å². The Morgan fingerprint density at radius 1 is 0.467 bits per heavy atom. The quantitative estimate of drug-likeness (QED) is 0.0177. The topological polar surface area (TPSA) is 319 Å². The minimum atomic E-state index is -0.558. The molecule has 11 heterocycles. The Hall–Kier alpha value is -11.9. The second-order valence-electron chi connectivity index (χ2n) is 40.3. The molecule has 8 aromatic rings. The Morgan fingerprint density at radius 2 is 0.874 bits per heavy atom. The first kappa shape index (κ1) is 104. The number of nitrogens with zero attached hydrogens (tertiary/aromatic N) is 16. The molecule has 30 nitrogen and oxygen atoms in total. The molecule has 3 saturated heterocycles. The number of carbonyl (C=O) groups excluding carboxylic acids is 4. The van der Waals surface area contributed by atoms with E-state index < -0.39 is 17.1 Å². The highest BCUT2D eigenvalue weighted by Crippen LogP contribution is 2.51. The maximum absolute atomic E-state index is 12.9. The third-order valence-electron chi connectivity index (χ3n) is 27.5. The van der Waals surface area contributed by atoms with Gasteiger partial charge < -0.3 is 64.4 Å². The van der Waals surface area contributed by atoms with Crippen LogP contribution in [0, 0.1) is 42.5 Å². The average molecular weight is 1840 g/mol. The van der Waals surface area contributed by atoms with E-state index in [1.807, 2.05) is 76.2 Å². The third kappa shape index (κ3) is 27.1. The molecule has 1 saturated carbocycles. The molecular formula is C105H143N23O7. The summed E-state index contributed by atoms with van der Waals surface area (Å²) in [7, 11) is 4.12. The van der Waals surface area contributed by atoms with Crippen LogP contribution in [0.25, 0.3) is 36.1 Å². The van der Waals surface area contributed by atoms with Gasteiger partial charge in [0.2, 0.25) is 17.5 Å². The number of amides is 4. The van der Waals surface area contributed by atoms with E-state index in [0.29, 0.717) is 41.4 Å². The minimum absolute atomic E-state index is 0. The molecule has 30 heteroatoms. The van der Waals surface area contributed by atoms with Crippen molar-refractivity contribution in [3.8, 4) is 0 Å². The van der Waals surface area contributed by atoms with Crippen LogP contribution in [0.5, 0.6) is 0 Å². The number of anilines is 5. The predicted octanol–water partition coefficient (Wildman–Crippen LogP) is 23.1. The molecule has 8 aromatic heterocycles. The maximum Gasteiger partial charge on any atom is 0.346 e. The van der Waals surface area contributed by atoms with E-state index in [9.17, 15) is 19.2 Å². The second-order valence-corrected chi connectivity index (χ2v) is 40.3. The lowest BCUT2D eigenvalue weighted by Crippen LogP contribution is -2.53. The molecule has 3 aliphatic heterocycles. The number of hydrogen-bond acceptors (Lipinski definition) is 19. The van der Waals surface area contributed by atoms with Crippen LogP contribution in [0.15, 0.2) is 102 Å². The van der Waals surface area contributed by atoms with E-state index in [2.05, 4.69) is 197 Å². The summed E-state index contributed by atoms with van der Waals surface area (Å²) < 4.78 is 17.7. The SMILES string of the molecule is C.[C-]#[N+]c1ccc(C(=O)Nc2ccc(C(C)(C)OCCCN(C)C)nc2C2=CCC3(CCCC3)CC2)o1.[C-]#[N+]c1cnc(C(=O)Nc2ccc(C(C)(C)N3CCCCC3)nc2C2=CCC(C)(C)CC2)[nH]1.[C-]#[N+]c1cnc(C(=O)Nc2ccc(C(C)(C)N3CCN(CC)CC3)nc2C2=CCC(C)(C)CC2)[nH]1.[C-]#[N+]c1cnc(C(=O)Nc2ccc(C(C)(C)OCCCC)nc2N2CCCCC2)[nH]1. The van der Waals surface area contributed by atoms with Crippen molar-refractivity contribution in [3.05, 3.63) is 206 Å². The van der Waals surface area contributed by atoms with Crippen molar-refractivity contribution >= 4 is 92.3 Å². The maximum atomic E-state index is 12.9. The van der Waals surface area contributed by atoms with Gasteiger partial charge in [-0.05, 0) is 305 Å². The number of carbonyl (C=O) groups is 4. The number of rotatable bonds is 28. The zero-order chi connectivity index (χ0) is 96.2. The van der Waals surface area contributed by atoms with Gasteiger partial charge in [0.25, 0.3) is 23.4 Å². The van der Waals surface area contributed by atoms with Crippen LogP contribution in [-0.2, 0) is 31.8 Å². The zero-order valence-electron chi connectivity index (χ0n) is 81.8. The van der Waals surface area contributed by atoms with Crippen LogP contribution in [0.1, 0.15) is 328 Å². The van der Waals surface area contributed by atoms with Crippen molar-refractivity contribution in [2.24, 2.45) is 16.2 Å². The molecule has 0 radical (unpaired) electrons. The number of ether oxygens (including phenoxy) is 2. The molecule has 4 aliphatic carbocycles. The van der Waals surface area contributed by atoms with E-state index >= 15 is 0 Å². The zero-order valence-corrected chi connectivity index (χ0v) is 81.8. The lowest BCUT2D eigenvalue weighted by Gasteiger charge is -2.43. The van der Waals surface area contributed by atoms with E-state index in [-0.39, 0.29) is 93.6 Å². The number of piperazine rings is 1. The van der Waals surface area contributed by atoms with Crippen molar-refractivity contribution in [2.75, 3.05) is 119 Å². The highest BCUT2D eigenvalue weighted by atomic mass is 16.5. The Kier molecular flexibility index (Phi) is 35.4. The van der Waals surface area contributed by atoms with Gasteiger partial charge >= 0.3 is 23.6 Å². The first-order valence-electron chi connectivity index (χ1n) is 48.0. The number of unbranched alkanes of at least 4 members (excludes halogenated alkanes) is 1.